The molecule has 0 aliphatic heterocycles. The third-order valence-electron chi connectivity index (χ3n) is 3.63. The predicted octanol–water partition coefficient (Wildman–Crippen LogP) is 4.95. The molecule has 0 N–H and O–H groups in total. The average Bonchev–Trinajstić information content (AvgIpc) is 3.09. The standard InChI is InChI=1S/C19H14ClF2NO3/c20-16-9-15(22)6-3-13(16)11-25-19(24)8-7-18-23-10-17(26-18)12-1-4-14(21)5-2-12/h1-6,9-10H,7-8,11H2. The molecule has 0 aliphatic rings. The number of hydrogen-bond donors (Lipinski definition) is 0. The van der Waals surface area contributed by atoms with E-state index >= 15 is 0 Å². The zero-order valence-electron chi connectivity index (χ0n) is 13.5. The van der Waals surface area contributed by atoms with Crippen LogP contribution in [-0.4, -0.2) is 11.0 Å². The molecule has 2 aromatic carbocycles. The van der Waals surface area contributed by atoms with E-state index in [1.807, 2.05) is 0 Å². The molecule has 1 aromatic heterocycles. The summed E-state index contributed by atoms with van der Waals surface area (Å²) in [7, 11) is 0. The van der Waals surface area contributed by atoms with Crippen molar-refractivity contribution in [1.82, 2.24) is 4.98 Å². The van der Waals surface area contributed by atoms with E-state index in [0.29, 0.717) is 22.8 Å². The molecule has 0 unspecified atom stereocenters. The molecule has 0 radical (unpaired) electrons. The Labute approximate surface area is 153 Å². The SMILES string of the molecule is O=C(CCc1ncc(-c2ccc(F)cc2)o1)OCc1ccc(F)cc1Cl. The summed E-state index contributed by atoms with van der Waals surface area (Å²) in [6.07, 6.45) is 1.85. The van der Waals surface area contributed by atoms with E-state index in [1.165, 1.54) is 30.5 Å². The summed E-state index contributed by atoms with van der Waals surface area (Å²) in [5, 5.41) is 0.203. The smallest absolute Gasteiger partial charge is 0.306 e. The van der Waals surface area contributed by atoms with Gasteiger partial charge >= 0.3 is 5.97 Å². The van der Waals surface area contributed by atoms with Gasteiger partial charge in [-0.3, -0.25) is 4.79 Å². The number of aromatic nitrogens is 1. The molecule has 3 rings (SSSR count). The minimum atomic E-state index is -0.453. The van der Waals surface area contributed by atoms with Gasteiger partial charge in [-0.25, -0.2) is 13.8 Å². The number of carbonyl (C=O) groups is 1. The lowest BCUT2D eigenvalue weighted by Crippen LogP contribution is -2.06. The second-order valence-corrected chi connectivity index (χ2v) is 5.93. The van der Waals surface area contributed by atoms with Crippen molar-refractivity contribution < 1.29 is 22.7 Å². The highest BCUT2D eigenvalue weighted by Gasteiger charge is 2.11. The number of benzene rings is 2. The van der Waals surface area contributed by atoms with Crippen molar-refractivity contribution >= 4 is 17.6 Å². The Hall–Kier alpha value is -2.73. The first-order chi connectivity index (χ1) is 12.5. The van der Waals surface area contributed by atoms with E-state index in [2.05, 4.69) is 4.98 Å². The van der Waals surface area contributed by atoms with Crippen LogP contribution in [-0.2, 0) is 22.6 Å². The molecule has 134 valence electrons. The Morgan fingerprint density at radius 3 is 2.58 bits per heavy atom. The number of ether oxygens (including phenoxy) is 1. The highest BCUT2D eigenvalue weighted by atomic mass is 35.5. The lowest BCUT2D eigenvalue weighted by atomic mass is 10.2. The molecule has 3 aromatic rings. The molecule has 26 heavy (non-hydrogen) atoms. The first-order valence-corrected chi connectivity index (χ1v) is 8.19. The van der Waals surface area contributed by atoms with Crippen molar-refractivity contribution in [2.75, 3.05) is 0 Å². The number of hydrogen-bond acceptors (Lipinski definition) is 4. The van der Waals surface area contributed by atoms with Crippen molar-refractivity contribution in [1.29, 1.82) is 0 Å². The van der Waals surface area contributed by atoms with E-state index < -0.39 is 11.8 Å². The Balaban J connectivity index is 1.51. The van der Waals surface area contributed by atoms with Crippen molar-refractivity contribution in [2.24, 2.45) is 0 Å². The third kappa shape index (κ3) is 4.67. The number of esters is 1. The van der Waals surface area contributed by atoms with Gasteiger partial charge < -0.3 is 9.15 Å². The number of oxazole rings is 1. The molecule has 0 saturated heterocycles. The number of carbonyl (C=O) groups excluding carboxylic acids is 1. The van der Waals surface area contributed by atoms with E-state index in [9.17, 15) is 13.6 Å². The summed E-state index contributed by atoms with van der Waals surface area (Å²) in [4.78, 5) is 15.9. The Morgan fingerprint density at radius 1 is 1.12 bits per heavy atom. The van der Waals surface area contributed by atoms with Crippen LogP contribution in [0.4, 0.5) is 8.78 Å². The van der Waals surface area contributed by atoms with E-state index in [1.54, 1.807) is 12.1 Å². The van der Waals surface area contributed by atoms with Crippen LogP contribution in [0.15, 0.2) is 53.1 Å². The highest BCUT2D eigenvalue weighted by Crippen LogP contribution is 2.21. The zero-order chi connectivity index (χ0) is 18.5. The topological polar surface area (TPSA) is 52.3 Å². The Morgan fingerprint density at radius 2 is 1.85 bits per heavy atom. The fourth-order valence-corrected chi connectivity index (χ4v) is 2.47. The maximum atomic E-state index is 13.0. The summed E-state index contributed by atoms with van der Waals surface area (Å²) in [5.41, 5.74) is 1.22. The van der Waals surface area contributed by atoms with Crippen LogP contribution >= 0.6 is 11.6 Å². The molecule has 0 amide bonds. The molecular formula is C19H14ClF2NO3. The van der Waals surface area contributed by atoms with Crippen molar-refractivity contribution in [2.45, 2.75) is 19.4 Å². The van der Waals surface area contributed by atoms with Gasteiger partial charge in [-0.15, -0.1) is 0 Å². The van der Waals surface area contributed by atoms with Crippen LogP contribution in [0.2, 0.25) is 5.02 Å². The third-order valence-corrected chi connectivity index (χ3v) is 3.98. The summed E-state index contributed by atoms with van der Waals surface area (Å²) in [6, 6.07) is 9.70. The Bertz CT molecular complexity index is 909. The van der Waals surface area contributed by atoms with Crippen LogP contribution in [0.25, 0.3) is 11.3 Å². The van der Waals surface area contributed by atoms with Crippen LogP contribution in [0.1, 0.15) is 17.9 Å². The van der Waals surface area contributed by atoms with E-state index in [4.69, 9.17) is 20.8 Å². The van der Waals surface area contributed by atoms with E-state index in [0.717, 1.165) is 6.07 Å². The summed E-state index contributed by atoms with van der Waals surface area (Å²) >= 11 is 5.88. The summed E-state index contributed by atoms with van der Waals surface area (Å²) < 4.78 is 36.6. The summed E-state index contributed by atoms with van der Waals surface area (Å²) in [6.45, 7) is -0.0373. The first-order valence-electron chi connectivity index (χ1n) is 7.81. The van der Waals surface area contributed by atoms with Gasteiger partial charge in [0.1, 0.15) is 18.2 Å². The minimum absolute atomic E-state index is 0.0373. The average molecular weight is 378 g/mol. The van der Waals surface area contributed by atoms with Gasteiger partial charge in [-0.05, 0) is 36.4 Å². The number of nitrogens with zero attached hydrogens (tertiary/aromatic N) is 1. The van der Waals surface area contributed by atoms with Gasteiger partial charge in [0.15, 0.2) is 11.7 Å². The molecular weight excluding hydrogens is 364 g/mol. The maximum absolute atomic E-state index is 13.0. The first kappa shape index (κ1) is 18.1. The molecule has 1 heterocycles. The fraction of sp³-hybridized carbons (Fsp3) is 0.158. The van der Waals surface area contributed by atoms with Crippen LogP contribution < -0.4 is 0 Å². The number of aryl methyl sites for hydroxylation is 1. The molecule has 0 fully saturated rings. The summed E-state index contributed by atoms with van der Waals surface area (Å²) in [5.74, 6) is -0.372. The molecule has 0 aliphatic carbocycles. The van der Waals surface area contributed by atoms with Gasteiger partial charge in [0.05, 0.1) is 17.6 Å². The highest BCUT2D eigenvalue weighted by molar-refractivity contribution is 6.31. The number of rotatable bonds is 6. The van der Waals surface area contributed by atoms with Gasteiger partial charge in [-0.1, -0.05) is 17.7 Å². The monoisotopic (exact) mass is 377 g/mol. The largest absolute Gasteiger partial charge is 0.461 e. The van der Waals surface area contributed by atoms with Crippen LogP contribution in [0, 0.1) is 11.6 Å². The second-order valence-electron chi connectivity index (χ2n) is 5.52. The van der Waals surface area contributed by atoms with Gasteiger partial charge in [0, 0.05) is 17.5 Å². The van der Waals surface area contributed by atoms with Gasteiger partial charge in [0.2, 0.25) is 0 Å². The molecule has 0 bridgehead atoms. The normalized spacial score (nSPS) is 10.7. The molecule has 0 spiro atoms. The molecule has 0 atom stereocenters. The van der Waals surface area contributed by atoms with Crippen molar-refractivity contribution in [3.8, 4) is 11.3 Å². The van der Waals surface area contributed by atoms with Crippen LogP contribution in [0.5, 0.6) is 0 Å². The maximum Gasteiger partial charge on any atom is 0.306 e. The number of halogens is 3. The van der Waals surface area contributed by atoms with Crippen molar-refractivity contribution in [3.05, 3.63) is 76.8 Å². The second kappa shape index (κ2) is 8.10. The molecule has 4 nitrogen and oxygen atoms in total. The molecule has 7 heteroatoms. The van der Waals surface area contributed by atoms with Crippen molar-refractivity contribution in [3.63, 3.8) is 0 Å². The zero-order valence-corrected chi connectivity index (χ0v) is 14.3. The predicted molar refractivity (Wildman–Crippen MR) is 91.4 cm³/mol. The fourth-order valence-electron chi connectivity index (χ4n) is 2.25. The Kier molecular flexibility index (Phi) is 5.63. The van der Waals surface area contributed by atoms with E-state index in [-0.39, 0.29) is 30.3 Å². The lowest BCUT2D eigenvalue weighted by Gasteiger charge is -2.06. The molecule has 0 saturated carbocycles. The van der Waals surface area contributed by atoms with Crippen LogP contribution in [0.3, 0.4) is 0 Å². The van der Waals surface area contributed by atoms with Gasteiger partial charge in [-0.2, -0.15) is 0 Å². The van der Waals surface area contributed by atoms with Gasteiger partial charge in [0.25, 0.3) is 0 Å². The minimum Gasteiger partial charge on any atom is -0.461 e. The lowest BCUT2D eigenvalue weighted by molar-refractivity contribution is -0.145. The quantitative estimate of drug-likeness (QED) is 0.570.